The zero-order chi connectivity index (χ0) is 28.6. The molecule has 2 amide bonds. The number of carbonyl (C=O) groups excluding carboxylic acids is 2. The van der Waals surface area contributed by atoms with Gasteiger partial charge in [0, 0.05) is 17.6 Å². The van der Waals surface area contributed by atoms with E-state index in [1.807, 2.05) is 44.2 Å². The van der Waals surface area contributed by atoms with Crippen molar-refractivity contribution in [3.63, 3.8) is 0 Å². The van der Waals surface area contributed by atoms with Crippen molar-refractivity contribution in [2.45, 2.75) is 50.7 Å². The highest BCUT2D eigenvalue weighted by atomic mass is 35.5. The van der Waals surface area contributed by atoms with Crippen LogP contribution in [0.5, 0.6) is 5.75 Å². The number of rotatable bonds is 12. The number of nitrogens with zero attached hydrogens (tertiary/aromatic N) is 2. The molecule has 0 bridgehead atoms. The zero-order valence-electron chi connectivity index (χ0n) is 22.5. The van der Waals surface area contributed by atoms with E-state index in [1.165, 1.54) is 42.3 Å². The van der Waals surface area contributed by atoms with E-state index in [0.29, 0.717) is 10.8 Å². The fourth-order valence-electron chi connectivity index (χ4n) is 3.86. The highest BCUT2D eigenvalue weighted by Gasteiger charge is 2.33. The molecule has 0 radical (unpaired) electrons. The second-order valence-corrected chi connectivity index (χ2v) is 11.5. The smallest absolute Gasteiger partial charge is 0.264 e. The van der Waals surface area contributed by atoms with Crippen LogP contribution >= 0.6 is 11.6 Å². The van der Waals surface area contributed by atoms with E-state index in [2.05, 4.69) is 5.32 Å². The fraction of sp³-hybridized carbons (Fsp3) is 0.310. The van der Waals surface area contributed by atoms with E-state index in [-0.39, 0.29) is 29.1 Å². The van der Waals surface area contributed by atoms with Gasteiger partial charge >= 0.3 is 0 Å². The Hall–Kier alpha value is -3.56. The summed E-state index contributed by atoms with van der Waals surface area (Å²) in [5.41, 5.74) is 1.03. The van der Waals surface area contributed by atoms with Gasteiger partial charge in [-0.1, -0.05) is 54.9 Å². The molecule has 10 heteroatoms. The van der Waals surface area contributed by atoms with Crippen LogP contribution in [0.15, 0.2) is 83.8 Å². The van der Waals surface area contributed by atoms with Gasteiger partial charge in [-0.25, -0.2) is 8.42 Å². The lowest BCUT2D eigenvalue weighted by Gasteiger charge is -2.32. The van der Waals surface area contributed by atoms with Gasteiger partial charge in [-0.2, -0.15) is 0 Å². The van der Waals surface area contributed by atoms with Gasteiger partial charge in [0.05, 0.1) is 17.7 Å². The van der Waals surface area contributed by atoms with Gasteiger partial charge in [0.15, 0.2) is 0 Å². The zero-order valence-corrected chi connectivity index (χ0v) is 24.1. The van der Waals surface area contributed by atoms with E-state index in [4.69, 9.17) is 16.3 Å². The summed E-state index contributed by atoms with van der Waals surface area (Å²) in [6.45, 7) is 5.06. The molecule has 2 atom stereocenters. The second kappa shape index (κ2) is 13.5. The van der Waals surface area contributed by atoms with Crippen molar-refractivity contribution >= 4 is 39.1 Å². The topological polar surface area (TPSA) is 96.0 Å². The third kappa shape index (κ3) is 7.74. The first-order valence-electron chi connectivity index (χ1n) is 12.6. The molecule has 3 aromatic rings. The Bertz CT molecular complexity index is 1370. The van der Waals surface area contributed by atoms with Crippen LogP contribution in [-0.4, -0.2) is 50.9 Å². The van der Waals surface area contributed by atoms with E-state index in [1.54, 1.807) is 25.1 Å². The predicted molar refractivity (Wildman–Crippen MR) is 153 cm³/mol. The predicted octanol–water partition coefficient (Wildman–Crippen LogP) is 4.88. The molecule has 8 nitrogen and oxygen atoms in total. The number of nitrogens with one attached hydrogen (secondary N) is 1. The molecule has 1 N–H and O–H groups in total. The average Bonchev–Trinajstić information content (AvgIpc) is 2.94. The summed E-state index contributed by atoms with van der Waals surface area (Å²) in [5, 5.41) is 3.23. The summed E-state index contributed by atoms with van der Waals surface area (Å²) in [7, 11) is -2.71. The number of amides is 2. The van der Waals surface area contributed by atoms with Crippen LogP contribution in [0, 0.1) is 0 Å². The number of anilines is 1. The first-order valence-corrected chi connectivity index (χ1v) is 14.4. The Morgan fingerprint density at radius 1 is 0.974 bits per heavy atom. The van der Waals surface area contributed by atoms with Gasteiger partial charge in [0.25, 0.3) is 10.0 Å². The molecule has 0 aliphatic carbocycles. The molecule has 0 saturated carbocycles. The standard InChI is InChI=1S/C29H34ClN3O5S/c1-5-21(2)31-29(35)22(3)32(19-23-10-7-6-8-11-23)28(34)20-33(25-13-9-12-24(30)18-25)39(36,37)27-16-14-26(38-4)15-17-27/h6-18,21-22H,5,19-20H2,1-4H3,(H,31,35)/t21-,22-/m1/s1. The molecule has 0 saturated heterocycles. The van der Waals surface area contributed by atoms with Crippen molar-refractivity contribution < 1.29 is 22.7 Å². The van der Waals surface area contributed by atoms with Crippen LogP contribution in [0.3, 0.4) is 0 Å². The summed E-state index contributed by atoms with van der Waals surface area (Å²) >= 11 is 6.20. The molecule has 0 aliphatic heterocycles. The monoisotopic (exact) mass is 571 g/mol. The van der Waals surface area contributed by atoms with Crippen LogP contribution in [0.25, 0.3) is 0 Å². The maximum absolute atomic E-state index is 13.9. The SMILES string of the molecule is CC[C@@H](C)NC(=O)[C@@H](C)N(Cc1ccccc1)C(=O)CN(c1cccc(Cl)c1)S(=O)(=O)c1ccc(OC)cc1. The number of ether oxygens (including phenoxy) is 1. The van der Waals surface area contributed by atoms with Gasteiger partial charge in [-0.3, -0.25) is 13.9 Å². The fourth-order valence-corrected chi connectivity index (χ4v) is 5.45. The number of sulfonamides is 1. The number of carbonyl (C=O) groups is 2. The highest BCUT2D eigenvalue weighted by molar-refractivity contribution is 7.92. The van der Waals surface area contributed by atoms with Crippen molar-refractivity contribution in [3.05, 3.63) is 89.4 Å². The molecule has 0 spiro atoms. The molecule has 208 valence electrons. The molecule has 0 unspecified atom stereocenters. The Morgan fingerprint density at radius 3 is 2.23 bits per heavy atom. The number of benzene rings is 3. The number of hydrogen-bond acceptors (Lipinski definition) is 5. The minimum atomic E-state index is -4.20. The Kier molecular flexibility index (Phi) is 10.4. The molecule has 3 aromatic carbocycles. The Morgan fingerprint density at radius 2 is 1.64 bits per heavy atom. The van der Waals surface area contributed by atoms with Gasteiger partial charge < -0.3 is 15.0 Å². The molecule has 3 rings (SSSR count). The lowest BCUT2D eigenvalue weighted by atomic mass is 10.1. The van der Waals surface area contributed by atoms with Gasteiger partial charge in [-0.15, -0.1) is 0 Å². The van der Waals surface area contributed by atoms with Crippen LogP contribution in [-0.2, 0) is 26.2 Å². The van der Waals surface area contributed by atoms with Crippen LogP contribution in [0.1, 0.15) is 32.8 Å². The van der Waals surface area contributed by atoms with E-state index in [9.17, 15) is 18.0 Å². The third-order valence-electron chi connectivity index (χ3n) is 6.39. The molecular weight excluding hydrogens is 538 g/mol. The Labute approximate surface area is 235 Å². The van der Waals surface area contributed by atoms with Crippen LogP contribution in [0.2, 0.25) is 5.02 Å². The lowest BCUT2D eigenvalue weighted by Crippen LogP contribution is -2.52. The molecular formula is C29H34ClN3O5S. The highest BCUT2D eigenvalue weighted by Crippen LogP contribution is 2.28. The van der Waals surface area contributed by atoms with E-state index in [0.717, 1.165) is 16.3 Å². The Balaban J connectivity index is 2.01. The largest absolute Gasteiger partial charge is 0.497 e. The first-order chi connectivity index (χ1) is 18.6. The molecule has 0 heterocycles. The van der Waals surface area contributed by atoms with Gasteiger partial charge in [0.2, 0.25) is 11.8 Å². The maximum atomic E-state index is 13.9. The van der Waals surface area contributed by atoms with Crippen molar-refractivity contribution in [1.29, 1.82) is 0 Å². The third-order valence-corrected chi connectivity index (χ3v) is 8.41. The summed E-state index contributed by atoms with van der Waals surface area (Å²) in [4.78, 5) is 28.3. The normalized spacial score (nSPS) is 12.7. The quantitative estimate of drug-likeness (QED) is 0.334. The minimum Gasteiger partial charge on any atom is -0.497 e. The summed E-state index contributed by atoms with van der Waals surface area (Å²) in [5.74, 6) is -0.363. The molecule has 39 heavy (non-hydrogen) atoms. The van der Waals surface area contributed by atoms with E-state index >= 15 is 0 Å². The number of halogens is 1. The average molecular weight is 572 g/mol. The summed E-state index contributed by atoms with van der Waals surface area (Å²) in [6, 6.07) is 20.5. The number of hydrogen-bond donors (Lipinski definition) is 1. The minimum absolute atomic E-state index is 0.0201. The van der Waals surface area contributed by atoms with Crippen LogP contribution < -0.4 is 14.4 Å². The summed E-state index contributed by atoms with van der Waals surface area (Å²) in [6.07, 6.45) is 0.730. The van der Waals surface area contributed by atoms with Crippen molar-refractivity contribution in [2.75, 3.05) is 18.0 Å². The summed E-state index contributed by atoms with van der Waals surface area (Å²) < 4.78 is 33.8. The van der Waals surface area contributed by atoms with Crippen molar-refractivity contribution in [1.82, 2.24) is 10.2 Å². The van der Waals surface area contributed by atoms with Gasteiger partial charge in [-0.05, 0) is 68.3 Å². The van der Waals surface area contributed by atoms with Crippen molar-refractivity contribution in [3.8, 4) is 5.75 Å². The van der Waals surface area contributed by atoms with Gasteiger partial charge in [0.1, 0.15) is 18.3 Å². The van der Waals surface area contributed by atoms with E-state index < -0.39 is 28.5 Å². The lowest BCUT2D eigenvalue weighted by molar-refractivity contribution is -0.139. The van der Waals surface area contributed by atoms with Crippen LogP contribution in [0.4, 0.5) is 5.69 Å². The molecule has 0 aliphatic rings. The first kappa shape index (κ1) is 30.0. The number of methoxy groups -OCH3 is 1. The van der Waals surface area contributed by atoms with Crippen molar-refractivity contribution in [2.24, 2.45) is 0 Å². The maximum Gasteiger partial charge on any atom is 0.264 e. The molecule has 0 aromatic heterocycles. The second-order valence-electron chi connectivity index (χ2n) is 9.17. The molecule has 0 fully saturated rings.